The first-order valence-electron chi connectivity index (χ1n) is 13.6. The number of hydrogen-bond donors (Lipinski definition) is 2. The summed E-state index contributed by atoms with van der Waals surface area (Å²) in [6, 6.07) is 3.03. The molecule has 3 fully saturated rings. The third kappa shape index (κ3) is 5.12. The van der Waals surface area contributed by atoms with E-state index in [1.165, 1.54) is 19.5 Å². The van der Waals surface area contributed by atoms with Crippen LogP contribution in [0, 0.1) is 11.6 Å². The highest BCUT2D eigenvalue weighted by Gasteiger charge is 2.43. The van der Waals surface area contributed by atoms with Crippen LogP contribution in [0.25, 0.3) is 5.69 Å². The smallest absolute Gasteiger partial charge is 0.368 e. The maximum atomic E-state index is 15.3. The molecule has 3 aliphatic rings. The molecule has 2 aromatic heterocycles. The van der Waals surface area contributed by atoms with Crippen LogP contribution in [-0.2, 0) is 11.8 Å². The summed E-state index contributed by atoms with van der Waals surface area (Å²) in [5.74, 6) is -1.10. The Morgan fingerprint density at radius 1 is 1.18 bits per heavy atom. The van der Waals surface area contributed by atoms with Crippen molar-refractivity contribution in [1.82, 2.24) is 34.7 Å². The summed E-state index contributed by atoms with van der Waals surface area (Å²) >= 11 is 0. The van der Waals surface area contributed by atoms with E-state index in [9.17, 15) is 9.18 Å². The number of halogens is 2. The van der Waals surface area contributed by atoms with E-state index in [0.29, 0.717) is 25.7 Å². The zero-order valence-electron chi connectivity index (χ0n) is 22.7. The number of nitrogens with one attached hydrogen (secondary N) is 2. The monoisotopic (exact) mass is 557 g/mol. The number of fused-ring (bicyclic) bond motifs is 1. The van der Waals surface area contributed by atoms with Crippen LogP contribution in [0.2, 0.25) is 0 Å². The van der Waals surface area contributed by atoms with Crippen LogP contribution in [0.1, 0.15) is 46.0 Å². The van der Waals surface area contributed by atoms with Gasteiger partial charge in [0.25, 0.3) is 0 Å². The number of tetrazole rings is 1. The Morgan fingerprint density at radius 2 is 2.02 bits per heavy atom. The van der Waals surface area contributed by atoms with Crippen molar-refractivity contribution < 1.29 is 18.3 Å². The second-order valence-electron chi connectivity index (χ2n) is 11.3. The van der Waals surface area contributed by atoms with Crippen molar-refractivity contribution in [2.45, 2.75) is 69.7 Å². The Balaban J connectivity index is 1.27. The topological polar surface area (TPSA) is 124 Å². The van der Waals surface area contributed by atoms with Gasteiger partial charge in [0.1, 0.15) is 17.5 Å². The maximum Gasteiger partial charge on any atom is 0.368 e. The van der Waals surface area contributed by atoms with E-state index >= 15 is 4.39 Å². The SMILES string of the molecule is Cn1nnn(-c2cc(Nc3ncc(F)c(N[C@@H]4C[C@@H]5CCCN5C(C)(C)C4)n3)c(F)cc2O[C@H]2CCOC2)c1=O. The standard InChI is InChI=1S/C26H33F2N9O3/c1-26(2)12-15(9-16-5-4-7-36(16)26)30-23-19(28)13-29-24(32-23)31-20-11-21(37-25(38)35(3)33-34-37)22(10-18(20)27)40-17-6-8-39-14-17/h10-11,13,15-17H,4-9,12,14H2,1-3H3,(H2,29,30,31,32)/t15-,16+,17+/m1/s1. The van der Waals surface area contributed by atoms with Crippen molar-refractivity contribution in [1.29, 1.82) is 0 Å². The molecule has 0 saturated carbocycles. The lowest BCUT2D eigenvalue weighted by atomic mass is 9.84. The lowest BCUT2D eigenvalue weighted by molar-refractivity contribution is 0.0500. The lowest BCUT2D eigenvalue weighted by Crippen LogP contribution is -2.55. The van der Waals surface area contributed by atoms with Crippen LogP contribution in [0.4, 0.5) is 26.2 Å². The van der Waals surface area contributed by atoms with Crippen molar-refractivity contribution in [3.8, 4) is 11.4 Å². The molecular formula is C26H33F2N9O3. The molecule has 12 nitrogen and oxygen atoms in total. The summed E-state index contributed by atoms with van der Waals surface area (Å²) < 4.78 is 43.5. The number of nitrogens with zero attached hydrogens (tertiary/aromatic N) is 7. The molecule has 6 rings (SSSR count). The summed E-state index contributed by atoms with van der Waals surface area (Å²) in [5, 5.41) is 13.7. The van der Waals surface area contributed by atoms with E-state index in [1.54, 1.807) is 0 Å². The van der Waals surface area contributed by atoms with Gasteiger partial charge in [0.2, 0.25) is 5.95 Å². The molecule has 2 N–H and O–H groups in total. The zero-order valence-corrected chi connectivity index (χ0v) is 22.7. The van der Waals surface area contributed by atoms with Gasteiger partial charge in [0, 0.05) is 37.2 Å². The normalized spacial score (nSPS) is 24.2. The van der Waals surface area contributed by atoms with Gasteiger partial charge in [-0.3, -0.25) is 4.90 Å². The Bertz CT molecular complexity index is 1450. The summed E-state index contributed by atoms with van der Waals surface area (Å²) in [4.78, 5) is 23.5. The summed E-state index contributed by atoms with van der Waals surface area (Å²) in [6.07, 6.45) is 5.43. The largest absolute Gasteiger partial charge is 0.486 e. The van der Waals surface area contributed by atoms with Crippen LogP contribution in [0.5, 0.6) is 5.75 Å². The van der Waals surface area contributed by atoms with Gasteiger partial charge in [-0.05, 0) is 62.6 Å². The fraction of sp³-hybridized carbons (Fsp3) is 0.577. The van der Waals surface area contributed by atoms with Crippen molar-refractivity contribution >= 4 is 17.5 Å². The first kappa shape index (κ1) is 26.6. The van der Waals surface area contributed by atoms with Gasteiger partial charge in [-0.2, -0.15) is 14.3 Å². The van der Waals surface area contributed by atoms with Gasteiger partial charge in [-0.1, -0.05) is 0 Å². The van der Waals surface area contributed by atoms with E-state index in [0.717, 1.165) is 47.4 Å². The molecule has 14 heteroatoms. The molecule has 0 bridgehead atoms. The number of aryl methyl sites for hydroxylation is 1. The molecule has 3 aliphatic heterocycles. The molecule has 0 aliphatic carbocycles. The fourth-order valence-electron chi connectivity index (χ4n) is 6.11. The number of hydrogen-bond acceptors (Lipinski definition) is 10. The first-order valence-corrected chi connectivity index (χ1v) is 13.6. The minimum Gasteiger partial charge on any atom is -0.486 e. The van der Waals surface area contributed by atoms with Gasteiger partial charge in [-0.15, -0.1) is 0 Å². The van der Waals surface area contributed by atoms with E-state index in [2.05, 4.69) is 49.8 Å². The van der Waals surface area contributed by atoms with Gasteiger partial charge >= 0.3 is 5.69 Å². The van der Waals surface area contributed by atoms with E-state index in [4.69, 9.17) is 9.47 Å². The Kier molecular flexibility index (Phi) is 6.90. The van der Waals surface area contributed by atoms with Crippen LogP contribution >= 0.6 is 0 Å². The number of anilines is 3. The number of rotatable bonds is 7. The third-order valence-electron chi connectivity index (χ3n) is 7.97. The van der Waals surface area contributed by atoms with Crippen LogP contribution < -0.4 is 21.1 Å². The van der Waals surface area contributed by atoms with Crippen LogP contribution in [0.3, 0.4) is 0 Å². The molecule has 0 amide bonds. The second-order valence-corrected chi connectivity index (χ2v) is 11.3. The molecule has 214 valence electrons. The molecule has 3 saturated heterocycles. The van der Waals surface area contributed by atoms with E-state index < -0.39 is 17.3 Å². The molecule has 40 heavy (non-hydrogen) atoms. The van der Waals surface area contributed by atoms with Crippen molar-refractivity contribution in [3.63, 3.8) is 0 Å². The molecular weight excluding hydrogens is 524 g/mol. The number of benzene rings is 1. The minimum absolute atomic E-state index is 0.00401. The van der Waals surface area contributed by atoms with E-state index in [-0.39, 0.29) is 46.6 Å². The van der Waals surface area contributed by atoms with E-state index in [1.807, 2.05) is 0 Å². The highest BCUT2D eigenvalue weighted by Crippen LogP contribution is 2.39. The average molecular weight is 558 g/mol. The van der Waals surface area contributed by atoms with Crippen molar-refractivity contribution in [2.24, 2.45) is 7.05 Å². The third-order valence-corrected chi connectivity index (χ3v) is 7.97. The van der Waals surface area contributed by atoms with Gasteiger partial charge < -0.3 is 20.1 Å². The van der Waals surface area contributed by atoms with Gasteiger partial charge in [0.05, 0.1) is 25.1 Å². The first-order chi connectivity index (χ1) is 19.2. The molecule has 0 radical (unpaired) electrons. The lowest BCUT2D eigenvalue weighted by Gasteiger charge is -2.47. The van der Waals surface area contributed by atoms with Crippen LogP contribution in [-0.4, -0.2) is 78.1 Å². The minimum atomic E-state index is -0.674. The molecule has 3 atom stereocenters. The predicted molar refractivity (Wildman–Crippen MR) is 142 cm³/mol. The molecule has 5 heterocycles. The Hall–Kier alpha value is -3.65. The van der Waals surface area contributed by atoms with Crippen molar-refractivity contribution in [2.75, 3.05) is 30.4 Å². The summed E-state index contributed by atoms with van der Waals surface area (Å²) in [7, 11) is 1.46. The zero-order chi connectivity index (χ0) is 28.0. The summed E-state index contributed by atoms with van der Waals surface area (Å²) in [5.41, 5.74) is -0.403. The second kappa shape index (κ2) is 10.4. The fourth-order valence-corrected chi connectivity index (χ4v) is 6.11. The number of piperidine rings is 1. The molecule has 1 aromatic carbocycles. The number of ether oxygens (including phenoxy) is 2. The Morgan fingerprint density at radius 3 is 2.77 bits per heavy atom. The highest BCUT2D eigenvalue weighted by atomic mass is 19.1. The van der Waals surface area contributed by atoms with Crippen LogP contribution in [0.15, 0.2) is 23.1 Å². The number of aromatic nitrogens is 6. The van der Waals surface area contributed by atoms with Gasteiger partial charge in [-0.25, -0.2) is 18.6 Å². The van der Waals surface area contributed by atoms with Crippen molar-refractivity contribution in [3.05, 3.63) is 40.4 Å². The maximum absolute atomic E-state index is 15.3. The molecule has 0 spiro atoms. The Labute approximate surface area is 229 Å². The quantitative estimate of drug-likeness (QED) is 0.448. The molecule has 3 aromatic rings. The summed E-state index contributed by atoms with van der Waals surface area (Å²) in [6.45, 7) is 6.42. The average Bonchev–Trinajstić information content (AvgIpc) is 3.66. The highest BCUT2D eigenvalue weighted by molar-refractivity contribution is 5.63. The molecule has 0 unspecified atom stereocenters. The van der Waals surface area contributed by atoms with Gasteiger partial charge in [0.15, 0.2) is 17.5 Å². The predicted octanol–water partition coefficient (Wildman–Crippen LogP) is 2.76.